The molecular weight excluding hydrogens is 430 g/mol. The second kappa shape index (κ2) is 8.52. The molecule has 1 fully saturated rings. The van der Waals surface area contributed by atoms with Gasteiger partial charge >= 0.3 is 0 Å². The number of furan rings is 1. The molecular formula is C28H29NO5. The number of anilines is 1. The molecule has 0 bridgehead atoms. The highest BCUT2D eigenvalue weighted by atomic mass is 16.5. The third-order valence-corrected chi connectivity index (χ3v) is 6.31. The molecule has 1 N–H and O–H groups in total. The van der Waals surface area contributed by atoms with Crippen molar-refractivity contribution in [1.82, 2.24) is 0 Å². The van der Waals surface area contributed by atoms with Gasteiger partial charge in [-0.25, -0.2) is 0 Å². The molecule has 0 saturated carbocycles. The lowest BCUT2D eigenvalue weighted by atomic mass is 9.84. The van der Waals surface area contributed by atoms with E-state index < -0.39 is 17.7 Å². The fraction of sp³-hybridized carbons (Fsp3) is 0.286. The lowest BCUT2D eigenvalue weighted by Crippen LogP contribution is -2.29. The number of benzene rings is 2. The molecule has 0 aliphatic carbocycles. The molecule has 1 amide bonds. The standard InChI is InChI=1S/C28H29NO5/c1-16-9-11-19(14-17(16)2)29-24(22-8-7-13-34-22)23(26(31)27(29)32)25(30)18-10-12-21(33-6)20(15-18)28(3,4)5/h7-15,24,30H,1-6H3/b25-23-. The van der Waals surface area contributed by atoms with Gasteiger partial charge in [0.1, 0.15) is 23.3 Å². The Morgan fingerprint density at radius 1 is 1.03 bits per heavy atom. The maximum absolute atomic E-state index is 13.3. The van der Waals surface area contributed by atoms with Gasteiger partial charge in [0.15, 0.2) is 0 Å². The van der Waals surface area contributed by atoms with Gasteiger partial charge in [-0.2, -0.15) is 0 Å². The smallest absolute Gasteiger partial charge is 0.300 e. The number of carbonyl (C=O) groups excluding carboxylic acids is 2. The van der Waals surface area contributed by atoms with Crippen molar-refractivity contribution in [2.24, 2.45) is 0 Å². The summed E-state index contributed by atoms with van der Waals surface area (Å²) in [5.41, 5.74) is 3.65. The first kappa shape index (κ1) is 23.4. The largest absolute Gasteiger partial charge is 0.507 e. The number of nitrogens with zero attached hydrogens (tertiary/aromatic N) is 1. The molecule has 1 aliphatic heterocycles. The fourth-order valence-corrected chi connectivity index (χ4v) is 4.29. The topological polar surface area (TPSA) is 80.0 Å². The van der Waals surface area contributed by atoms with Crippen molar-refractivity contribution in [2.75, 3.05) is 12.0 Å². The number of ether oxygens (including phenoxy) is 1. The Labute approximate surface area is 199 Å². The van der Waals surface area contributed by atoms with Crippen molar-refractivity contribution in [1.29, 1.82) is 0 Å². The average Bonchev–Trinajstić information content (AvgIpc) is 3.41. The molecule has 1 aromatic heterocycles. The maximum atomic E-state index is 13.3. The first-order chi connectivity index (χ1) is 16.0. The number of aliphatic hydroxyl groups excluding tert-OH is 1. The Morgan fingerprint density at radius 2 is 1.76 bits per heavy atom. The summed E-state index contributed by atoms with van der Waals surface area (Å²) in [7, 11) is 1.59. The molecule has 2 aromatic carbocycles. The van der Waals surface area contributed by atoms with E-state index in [0.29, 0.717) is 22.8 Å². The van der Waals surface area contributed by atoms with Gasteiger partial charge < -0.3 is 14.3 Å². The SMILES string of the molecule is COc1ccc(/C(O)=C2/C(=O)C(=O)N(c3ccc(C)c(C)c3)C2c2ccco2)cc1C(C)(C)C. The number of Topliss-reactive ketones (excluding diaryl/α,β-unsaturated/α-hetero) is 1. The number of aryl methyl sites for hydroxylation is 2. The molecule has 6 heteroatoms. The average molecular weight is 460 g/mol. The van der Waals surface area contributed by atoms with E-state index >= 15 is 0 Å². The van der Waals surface area contributed by atoms with E-state index in [1.165, 1.54) is 11.2 Å². The van der Waals surface area contributed by atoms with Crippen molar-refractivity contribution in [3.8, 4) is 5.75 Å². The van der Waals surface area contributed by atoms with Crippen molar-refractivity contribution < 1.29 is 23.8 Å². The van der Waals surface area contributed by atoms with Crippen LogP contribution < -0.4 is 9.64 Å². The Morgan fingerprint density at radius 3 is 2.35 bits per heavy atom. The zero-order valence-corrected chi connectivity index (χ0v) is 20.3. The predicted octanol–water partition coefficient (Wildman–Crippen LogP) is 5.83. The summed E-state index contributed by atoms with van der Waals surface area (Å²) in [6, 6.07) is 13.3. The molecule has 1 saturated heterocycles. The first-order valence-corrected chi connectivity index (χ1v) is 11.1. The molecule has 4 rings (SSSR count). The molecule has 1 unspecified atom stereocenters. The van der Waals surface area contributed by atoms with Crippen molar-refractivity contribution >= 4 is 23.1 Å². The van der Waals surface area contributed by atoms with Crippen LogP contribution >= 0.6 is 0 Å². The summed E-state index contributed by atoms with van der Waals surface area (Å²) >= 11 is 0. The predicted molar refractivity (Wildman–Crippen MR) is 131 cm³/mol. The molecule has 0 radical (unpaired) electrons. The number of hydrogen-bond donors (Lipinski definition) is 1. The number of aliphatic hydroxyl groups is 1. The first-order valence-electron chi connectivity index (χ1n) is 11.1. The summed E-state index contributed by atoms with van der Waals surface area (Å²) in [5.74, 6) is -0.647. The highest BCUT2D eigenvalue weighted by molar-refractivity contribution is 6.51. The second-order valence-corrected chi connectivity index (χ2v) is 9.62. The third-order valence-electron chi connectivity index (χ3n) is 6.31. The number of hydrogen-bond acceptors (Lipinski definition) is 5. The van der Waals surface area contributed by atoms with Gasteiger partial charge in [-0.15, -0.1) is 0 Å². The van der Waals surface area contributed by atoms with E-state index in [1.807, 2.05) is 46.8 Å². The van der Waals surface area contributed by atoms with E-state index in [0.717, 1.165) is 16.7 Å². The van der Waals surface area contributed by atoms with Crippen LogP contribution in [0.2, 0.25) is 0 Å². The molecule has 3 aromatic rings. The zero-order valence-electron chi connectivity index (χ0n) is 20.3. The number of methoxy groups -OCH3 is 1. The van der Waals surface area contributed by atoms with Gasteiger partial charge in [0.05, 0.1) is 18.9 Å². The van der Waals surface area contributed by atoms with E-state index in [2.05, 4.69) is 0 Å². The van der Waals surface area contributed by atoms with Gasteiger partial charge in [0.25, 0.3) is 11.7 Å². The van der Waals surface area contributed by atoms with Crippen LogP contribution in [-0.2, 0) is 15.0 Å². The van der Waals surface area contributed by atoms with Crippen LogP contribution in [0.4, 0.5) is 5.69 Å². The van der Waals surface area contributed by atoms with Gasteiger partial charge in [-0.3, -0.25) is 14.5 Å². The van der Waals surface area contributed by atoms with Crippen LogP contribution in [0.3, 0.4) is 0 Å². The highest BCUT2D eigenvalue weighted by Crippen LogP contribution is 2.43. The van der Waals surface area contributed by atoms with Crippen LogP contribution in [0.15, 0.2) is 64.8 Å². The number of ketones is 1. The summed E-state index contributed by atoms with van der Waals surface area (Å²) in [6.45, 7) is 10.0. The lowest BCUT2D eigenvalue weighted by molar-refractivity contribution is -0.132. The maximum Gasteiger partial charge on any atom is 0.300 e. The number of carbonyl (C=O) groups is 2. The summed E-state index contributed by atoms with van der Waals surface area (Å²) in [5, 5.41) is 11.4. The Kier molecular flexibility index (Phi) is 5.86. The van der Waals surface area contributed by atoms with Gasteiger partial charge in [0, 0.05) is 16.8 Å². The molecule has 6 nitrogen and oxygen atoms in total. The van der Waals surface area contributed by atoms with E-state index in [1.54, 1.807) is 43.5 Å². The molecule has 0 spiro atoms. The Hall–Kier alpha value is -3.80. The lowest BCUT2D eigenvalue weighted by Gasteiger charge is -2.25. The molecule has 1 aliphatic rings. The van der Waals surface area contributed by atoms with E-state index in [9.17, 15) is 14.7 Å². The van der Waals surface area contributed by atoms with Crippen molar-refractivity contribution in [3.63, 3.8) is 0 Å². The van der Waals surface area contributed by atoms with Crippen LogP contribution in [0.1, 0.15) is 54.8 Å². The van der Waals surface area contributed by atoms with Gasteiger partial charge in [-0.1, -0.05) is 26.8 Å². The van der Waals surface area contributed by atoms with Crippen molar-refractivity contribution in [2.45, 2.75) is 46.1 Å². The normalized spacial score (nSPS) is 17.9. The highest BCUT2D eigenvalue weighted by Gasteiger charge is 2.48. The number of amides is 1. The summed E-state index contributed by atoms with van der Waals surface area (Å²) < 4.78 is 11.1. The van der Waals surface area contributed by atoms with Crippen LogP contribution in [0.25, 0.3) is 5.76 Å². The number of rotatable bonds is 4. The van der Waals surface area contributed by atoms with Crippen LogP contribution in [0.5, 0.6) is 5.75 Å². The van der Waals surface area contributed by atoms with Gasteiger partial charge in [0.2, 0.25) is 0 Å². The van der Waals surface area contributed by atoms with E-state index in [4.69, 9.17) is 9.15 Å². The zero-order chi connectivity index (χ0) is 24.8. The summed E-state index contributed by atoms with van der Waals surface area (Å²) in [4.78, 5) is 27.9. The third kappa shape index (κ3) is 3.89. The Balaban J connectivity index is 1.93. The summed E-state index contributed by atoms with van der Waals surface area (Å²) in [6.07, 6.45) is 1.49. The van der Waals surface area contributed by atoms with E-state index in [-0.39, 0.29) is 16.7 Å². The van der Waals surface area contributed by atoms with Gasteiger partial charge in [-0.05, 0) is 72.9 Å². The molecule has 1 atom stereocenters. The van der Waals surface area contributed by atoms with Crippen molar-refractivity contribution in [3.05, 3.63) is 88.4 Å². The minimum absolute atomic E-state index is 0.0109. The fourth-order valence-electron chi connectivity index (χ4n) is 4.29. The minimum Gasteiger partial charge on any atom is -0.507 e. The quantitative estimate of drug-likeness (QED) is 0.302. The molecule has 176 valence electrons. The van der Waals surface area contributed by atoms with Crippen LogP contribution in [0, 0.1) is 13.8 Å². The Bertz CT molecular complexity index is 1290. The molecule has 2 heterocycles. The molecule has 34 heavy (non-hydrogen) atoms. The monoisotopic (exact) mass is 459 g/mol. The minimum atomic E-state index is -0.891. The van der Waals surface area contributed by atoms with Crippen LogP contribution in [-0.4, -0.2) is 23.9 Å². The second-order valence-electron chi connectivity index (χ2n) is 9.62.